The van der Waals surface area contributed by atoms with Crippen LogP contribution in [0, 0.1) is 11.3 Å². The van der Waals surface area contributed by atoms with Gasteiger partial charge < -0.3 is 4.90 Å². The number of nitrogens with zero attached hydrogens (tertiary/aromatic N) is 3. The molecule has 0 aromatic heterocycles. The molecule has 0 spiro atoms. The van der Waals surface area contributed by atoms with Gasteiger partial charge in [-0.2, -0.15) is 5.26 Å². The van der Waals surface area contributed by atoms with Crippen LogP contribution in [-0.2, 0) is 13.0 Å². The SMILES string of the molecule is CCc1cc(C#N)ccc1/N=C1\SCCN1Cc1ccc(Cl)cc1. The normalized spacial score (nSPS) is 15.7. The summed E-state index contributed by atoms with van der Waals surface area (Å²) in [5.41, 5.74) is 3.99. The predicted molar refractivity (Wildman–Crippen MR) is 102 cm³/mol. The Hall–Kier alpha value is -1.96. The molecular formula is C19H18ClN3S. The third kappa shape index (κ3) is 3.92. The Kier molecular flexibility index (Phi) is 5.44. The largest absolute Gasteiger partial charge is 0.346 e. The van der Waals surface area contributed by atoms with Gasteiger partial charge in [-0.15, -0.1) is 0 Å². The minimum atomic E-state index is 0.688. The lowest BCUT2D eigenvalue weighted by atomic mass is 10.1. The van der Waals surface area contributed by atoms with Gasteiger partial charge in [0.05, 0.1) is 17.3 Å². The van der Waals surface area contributed by atoms with Crippen LogP contribution in [0.1, 0.15) is 23.6 Å². The van der Waals surface area contributed by atoms with Crippen LogP contribution < -0.4 is 0 Å². The van der Waals surface area contributed by atoms with Gasteiger partial charge in [-0.1, -0.05) is 42.4 Å². The molecule has 2 aromatic carbocycles. The highest BCUT2D eigenvalue weighted by Gasteiger charge is 2.20. The van der Waals surface area contributed by atoms with E-state index in [9.17, 15) is 0 Å². The number of thioether (sulfide) groups is 1. The molecule has 0 radical (unpaired) electrons. The van der Waals surface area contributed by atoms with Gasteiger partial charge in [-0.05, 0) is 47.9 Å². The molecule has 0 saturated carbocycles. The van der Waals surface area contributed by atoms with E-state index in [0.29, 0.717) is 5.56 Å². The van der Waals surface area contributed by atoms with Crippen LogP contribution >= 0.6 is 23.4 Å². The fourth-order valence-electron chi connectivity index (χ4n) is 2.64. The van der Waals surface area contributed by atoms with E-state index < -0.39 is 0 Å². The third-order valence-electron chi connectivity index (χ3n) is 3.96. The maximum absolute atomic E-state index is 9.05. The molecule has 1 saturated heterocycles. The molecule has 1 fully saturated rings. The summed E-state index contributed by atoms with van der Waals surface area (Å²) in [6.07, 6.45) is 0.865. The zero-order chi connectivity index (χ0) is 16.9. The first-order chi connectivity index (χ1) is 11.7. The summed E-state index contributed by atoms with van der Waals surface area (Å²) in [5.74, 6) is 1.05. The number of rotatable bonds is 4. The zero-order valence-corrected chi connectivity index (χ0v) is 15.1. The summed E-state index contributed by atoms with van der Waals surface area (Å²) < 4.78 is 0. The van der Waals surface area contributed by atoms with E-state index in [2.05, 4.69) is 30.0 Å². The first-order valence-electron chi connectivity index (χ1n) is 7.93. The maximum Gasteiger partial charge on any atom is 0.164 e. The van der Waals surface area contributed by atoms with Crippen LogP contribution in [0.2, 0.25) is 5.02 Å². The maximum atomic E-state index is 9.05. The molecule has 0 unspecified atom stereocenters. The van der Waals surface area contributed by atoms with Crippen LogP contribution in [0.15, 0.2) is 47.5 Å². The second-order valence-corrected chi connectivity index (χ2v) is 7.10. The molecule has 1 aliphatic heterocycles. The van der Waals surface area contributed by atoms with E-state index in [1.165, 1.54) is 5.56 Å². The molecule has 1 heterocycles. The molecule has 3 nitrogen and oxygen atoms in total. The molecule has 0 aliphatic carbocycles. The van der Waals surface area contributed by atoms with Gasteiger partial charge in [0, 0.05) is 23.9 Å². The highest BCUT2D eigenvalue weighted by atomic mass is 35.5. The molecule has 5 heteroatoms. The van der Waals surface area contributed by atoms with Crippen molar-refractivity contribution in [3.63, 3.8) is 0 Å². The van der Waals surface area contributed by atoms with Crippen molar-refractivity contribution in [2.75, 3.05) is 12.3 Å². The zero-order valence-electron chi connectivity index (χ0n) is 13.5. The summed E-state index contributed by atoms with van der Waals surface area (Å²) in [7, 11) is 0. The van der Waals surface area contributed by atoms with Crippen LogP contribution in [0.4, 0.5) is 5.69 Å². The first kappa shape index (κ1) is 16.9. The van der Waals surface area contributed by atoms with Gasteiger partial charge in [0.2, 0.25) is 0 Å². The van der Waals surface area contributed by atoms with Crippen molar-refractivity contribution in [2.45, 2.75) is 19.9 Å². The van der Waals surface area contributed by atoms with Crippen molar-refractivity contribution in [1.29, 1.82) is 5.26 Å². The average molecular weight is 356 g/mol. The average Bonchev–Trinajstić information content (AvgIpc) is 3.04. The molecule has 0 N–H and O–H groups in total. The molecule has 0 atom stereocenters. The van der Waals surface area contributed by atoms with Crippen molar-refractivity contribution in [2.24, 2.45) is 4.99 Å². The van der Waals surface area contributed by atoms with E-state index in [4.69, 9.17) is 21.9 Å². The quantitative estimate of drug-likeness (QED) is 0.773. The number of benzene rings is 2. The van der Waals surface area contributed by atoms with Gasteiger partial charge in [-0.25, -0.2) is 4.99 Å². The molecule has 0 bridgehead atoms. The summed E-state index contributed by atoms with van der Waals surface area (Å²) in [6, 6.07) is 15.9. The number of amidine groups is 1. The number of hydrogen-bond donors (Lipinski definition) is 0. The second kappa shape index (κ2) is 7.74. The highest BCUT2D eigenvalue weighted by molar-refractivity contribution is 8.14. The third-order valence-corrected chi connectivity index (χ3v) is 5.20. The number of aliphatic imine (C=N–C) groups is 1. The minimum Gasteiger partial charge on any atom is -0.346 e. The Bertz CT molecular complexity index is 793. The minimum absolute atomic E-state index is 0.688. The van der Waals surface area contributed by atoms with E-state index in [1.807, 2.05) is 30.3 Å². The second-order valence-electron chi connectivity index (χ2n) is 5.60. The van der Waals surface area contributed by atoms with E-state index >= 15 is 0 Å². The standard InChI is InChI=1S/C19H18ClN3S/c1-2-16-11-15(12-21)5-8-18(16)22-19-23(9-10-24-19)13-14-3-6-17(20)7-4-14/h3-8,11H,2,9-10,13H2,1H3/b22-19-. The van der Waals surface area contributed by atoms with Crippen LogP contribution in [0.5, 0.6) is 0 Å². The lowest BCUT2D eigenvalue weighted by Crippen LogP contribution is -2.23. The monoisotopic (exact) mass is 355 g/mol. The number of halogens is 1. The Morgan fingerprint density at radius 3 is 2.75 bits per heavy atom. The summed E-state index contributed by atoms with van der Waals surface area (Å²) in [5, 5.41) is 10.9. The Morgan fingerprint density at radius 1 is 1.25 bits per heavy atom. The van der Waals surface area contributed by atoms with Crippen LogP contribution in [-0.4, -0.2) is 22.4 Å². The number of hydrogen-bond acceptors (Lipinski definition) is 3. The molecule has 24 heavy (non-hydrogen) atoms. The van der Waals surface area contributed by atoms with E-state index in [-0.39, 0.29) is 0 Å². The van der Waals surface area contributed by atoms with Crippen LogP contribution in [0.25, 0.3) is 0 Å². The highest BCUT2D eigenvalue weighted by Crippen LogP contribution is 2.27. The van der Waals surface area contributed by atoms with Crippen molar-refractivity contribution in [3.05, 3.63) is 64.2 Å². The van der Waals surface area contributed by atoms with Gasteiger partial charge in [0.1, 0.15) is 0 Å². The molecule has 2 aromatic rings. The fourth-order valence-corrected chi connectivity index (χ4v) is 3.77. The van der Waals surface area contributed by atoms with Crippen molar-refractivity contribution >= 4 is 34.2 Å². The van der Waals surface area contributed by atoms with E-state index in [0.717, 1.165) is 46.7 Å². The lowest BCUT2D eigenvalue weighted by Gasteiger charge is -2.18. The smallest absolute Gasteiger partial charge is 0.164 e. The van der Waals surface area contributed by atoms with Crippen LogP contribution in [0.3, 0.4) is 0 Å². The predicted octanol–water partition coefficient (Wildman–Crippen LogP) is 5.01. The first-order valence-corrected chi connectivity index (χ1v) is 9.30. The van der Waals surface area contributed by atoms with Crippen molar-refractivity contribution in [3.8, 4) is 6.07 Å². The lowest BCUT2D eigenvalue weighted by molar-refractivity contribution is 0.457. The van der Waals surface area contributed by atoms with E-state index in [1.54, 1.807) is 11.8 Å². The van der Waals surface area contributed by atoms with Gasteiger partial charge in [0.25, 0.3) is 0 Å². The fraction of sp³-hybridized carbons (Fsp3) is 0.263. The molecule has 1 aliphatic rings. The Morgan fingerprint density at radius 2 is 2.04 bits per heavy atom. The van der Waals surface area contributed by atoms with Crippen molar-refractivity contribution in [1.82, 2.24) is 4.90 Å². The summed E-state index contributed by atoms with van der Waals surface area (Å²) in [4.78, 5) is 7.17. The van der Waals surface area contributed by atoms with Gasteiger partial charge in [0.15, 0.2) is 5.17 Å². The molecule has 0 amide bonds. The molecule has 3 rings (SSSR count). The topological polar surface area (TPSA) is 39.4 Å². The Balaban J connectivity index is 1.83. The Labute approximate surface area is 152 Å². The molecule has 122 valence electrons. The number of aryl methyl sites for hydroxylation is 1. The van der Waals surface area contributed by atoms with Gasteiger partial charge in [-0.3, -0.25) is 0 Å². The number of nitriles is 1. The van der Waals surface area contributed by atoms with Gasteiger partial charge >= 0.3 is 0 Å². The molecular weight excluding hydrogens is 338 g/mol. The summed E-state index contributed by atoms with van der Waals surface area (Å²) >= 11 is 7.74. The van der Waals surface area contributed by atoms with Crippen molar-refractivity contribution < 1.29 is 0 Å². The summed E-state index contributed by atoms with van der Waals surface area (Å²) in [6.45, 7) is 3.91.